The van der Waals surface area contributed by atoms with Crippen LogP contribution >= 0.6 is 0 Å². The topological polar surface area (TPSA) is 9.23 Å². The summed E-state index contributed by atoms with van der Waals surface area (Å²) in [5, 5.41) is 0. The van der Waals surface area contributed by atoms with Crippen molar-refractivity contribution in [3.8, 4) is 5.75 Å². The third kappa shape index (κ3) is 4.35. The van der Waals surface area contributed by atoms with E-state index >= 15 is 0 Å². The van der Waals surface area contributed by atoms with Gasteiger partial charge in [-0.3, -0.25) is 0 Å². The minimum Gasteiger partial charge on any atom is -0.490 e. The molecule has 0 bridgehead atoms. The lowest BCUT2D eigenvalue weighted by Crippen LogP contribution is -2.33. The molecule has 0 spiro atoms. The molecular formula is C22H32F2O. The van der Waals surface area contributed by atoms with E-state index in [1.54, 1.807) is 12.1 Å². The molecule has 0 heterocycles. The first-order chi connectivity index (χ1) is 12.1. The molecule has 3 rings (SSSR count). The van der Waals surface area contributed by atoms with E-state index in [9.17, 15) is 8.78 Å². The minimum atomic E-state index is -0.826. The SMILES string of the molecule is CCCC1CCC2CC(COc3ccc(CC)c(F)c3F)CCC2C1. The van der Waals surface area contributed by atoms with Gasteiger partial charge in [0.15, 0.2) is 11.6 Å². The van der Waals surface area contributed by atoms with E-state index in [1.165, 1.54) is 44.9 Å². The minimum absolute atomic E-state index is 0.0727. The summed E-state index contributed by atoms with van der Waals surface area (Å²) in [6.45, 7) is 4.63. The molecule has 0 radical (unpaired) electrons. The highest BCUT2D eigenvalue weighted by Gasteiger charge is 2.35. The third-order valence-corrected chi connectivity index (χ3v) is 6.51. The highest BCUT2D eigenvalue weighted by molar-refractivity contribution is 5.31. The second-order valence-corrected chi connectivity index (χ2v) is 8.18. The van der Waals surface area contributed by atoms with E-state index in [4.69, 9.17) is 4.74 Å². The van der Waals surface area contributed by atoms with Crippen LogP contribution in [0.3, 0.4) is 0 Å². The molecule has 2 saturated carbocycles. The number of hydrogen-bond donors (Lipinski definition) is 0. The summed E-state index contributed by atoms with van der Waals surface area (Å²) >= 11 is 0. The maximum Gasteiger partial charge on any atom is 0.200 e. The second-order valence-electron chi connectivity index (χ2n) is 8.18. The van der Waals surface area contributed by atoms with E-state index < -0.39 is 11.6 Å². The molecule has 0 amide bonds. The summed E-state index contributed by atoms with van der Waals surface area (Å²) in [4.78, 5) is 0. The van der Waals surface area contributed by atoms with Gasteiger partial charge in [-0.1, -0.05) is 39.2 Å². The Kier molecular flexibility index (Phi) is 6.35. The Labute approximate surface area is 151 Å². The van der Waals surface area contributed by atoms with E-state index in [0.717, 1.165) is 24.2 Å². The lowest BCUT2D eigenvalue weighted by molar-refractivity contribution is 0.0739. The predicted molar refractivity (Wildman–Crippen MR) is 97.8 cm³/mol. The molecule has 1 nitrogen and oxygen atoms in total. The van der Waals surface area contributed by atoms with Crippen LogP contribution in [0.4, 0.5) is 8.78 Å². The zero-order valence-electron chi connectivity index (χ0n) is 15.7. The fraction of sp³-hybridized carbons (Fsp3) is 0.727. The molecule has 1 aromatic rings. The van der Waals surface area contributed by atoms with Crippen LogP contribution in [0.2, 0.25) is 0 Å². The highest BCUT2D eigenvalue weighted by Crippen LogP contribution is 2.45. The summed E-state index contributed by atoms with van der Waals surface area (Å²) < 4.78 is 33.7. The third-order valence-electron chi connectivity index (χ3n) is 6.51. The van der Waals surface area contributed by atoms with Gasteiger partial charge in [-0.15, -0.1) is 0 Å². The Bertz CT molecular complexity index is 571. The van der Waals surface area contributed by atoms with Crippen molar-refractivity contribution < 1.29 is 13.5 Å². The molecule has 0 aromatic heterocycles. The predicted octanol–water partition coefficient (Wildman–Crippen LogP) is 6.54. The van der Waals surface area contributed by atoms with Gasteiger partial charge in [0.25, 0.3) is 0 Å². The number of fused-ring (bicyclic) bond motifs is 1. The van der Waals surface area contributed by atoms with Gasteiger partial charge in [0.2, 0.25) is 5.82 Å². The van der Waals surface area contributed by atoms with Crippen molar-refractivity contribution >= 4 is 0 Å². The van der Waals surface area contributed by atoms with Gasteiger partial charge in [0.05, 0.1) is 6.61 Å². The maximum atomic E-state index is 14.1. The summed E-state index contributed by atoms with van der Waals surface area (Å²) in [5.74, 6) is 1.62. The lowest BCUT2D eigenvalue weighted by atomic mass is 9.64. The standard InChI is InChI=1S/C22H32F2O/c1-3-5-15-6-8-19-13-16(7-9-18(19)12-15)14-25-20-11-10-17(4-2)21(23)22(20)24/h10-11,15-16,18-19H,3-9,12-14H2,1-2H3. The molecule has 140 valence electrons. The smallest absolute Gasteiger partial charge is 0.200 e. The van der Waals surface area contributed by atoms with Gasteiger partial charge >= 0.3 is 0 Å². The van der Waals surface area contributed by atoms with Gasteiger partial charge in [-0.2, -0.15) is 4.39 Å². The molecule has 0 N–H and O–H groups in total. The molecule has 3 heteroatoms. The van der Waals surface area contributed by atoms with Crippen LogP contribution in [-0.2, 0) is 6.42 Å². The van der Waals surface area contributed by atoms with Gasteiger partial charge in [-0.25, -0.2) is 4.39 Å². The first kappa shape index (κ1) is 18.7. The van der Waals surface area contributed by atoms with E-state index in [0.29, 0.717) is 24.5 Å². The summed E-state index contributed by atoms with van der Waals surface area (Å²) in [6, 6.07) is 3.22. The van der Waals surface area contributed by atoms with Gasteiger partial charge in [0.1, 0.15) is 0 Å². The fourth-order valence-corrected chi connectivity index (χ4v) is 5.07. The number of hydrogen-bond acceptors (Lipinski definition) is 1. The molecule has 25 heavy (non-hydrogen) atoms. The Morgan fingerprint density at radius 2 is 1.60 bits per heavy atom. The quantitative estimate of drug-likeness (QED) is 0.566. The van der Waals surface area contributed by atoms with Crippen LogP contribution in [0.5, 0.6) is 5.75 Å². The largest absolute Gasteiger partial charge is 0.490 e. The van der Waals surface area contributed by atoms with Crippen molar-refractivity contribution in [2.24, 2.45) is 23.7 Å². The first-order valence-electron chi connectivity index (χ1n) is 10.2. The maximum absolute atomic E-state index is 14.1. The molecular weight excluding hydrogens is 318 g/mol. The zero-order valence-corrected chi connectivity index (χ0v) is 15.7. The number of rotatable bonds is 6. The lowest BCUT2D eigenvalue weighted by Gasteiger charge is -2.42. The van der Waals surface area contributed by atoms with Crippen LogP contribution in [0.15, 0.2) is 12.1 Å². The van der Waals surface area contributed by atoms with Crippen molar-refractivity contribution in [3.63, 3.8) is 0 Å². The van der Waals surface area contributed by atoms with Crippen LogP contribution in [-0.4, -0.2) is 6.61 Å². The monoisotopic (exact) mass is 350 g/mol. The van der Waals surface area contributed by atoms with Crippen LogP contribution in [0.1, 0.15) is 70.8 Å². The van der Waals surface area contributed by atoms with Crippen LogP contribution in [0, 0.1) is 35.3 Å². The normalized spacial score (nSPS) is 29.3. The van der Waals surface area contributed by atoms with Crippen molar-refractivity contribution in [3.05, 3.63) is 29.3 Å². The Balaban J connectivity index is 1.52. The molecule has 2 aliphatic carbocycles. The van der Waals surface area contributed by atoms with E-state index in [2.05, 4.69) is 6.92 Å². The Morgan fingerprint density at radius 3 is 2.28 bits per heavy atom. The van der Waals surface area contributed by atoms with E-state index in [-0.39, 0.29) is 5.75 Å². The summed E-state index contributed by atoms with van der Waals surface area (Å²) in [5.41, 5.74) is 0.411. The Hall–Kier alpha value is -1.12. The van der Waals surface area contributed by atoms with Crippen molar-refractivity contribution in [2.75, 3.05) is 6.61 Å². The average Bonchev–Trinajstić information content (AvgIpc) is 2.63. The molecule has 4 atom stereocenters. The highest BCUT2D eigenvalue weighted by atomic mass is 19.2. The first-order valence-corrected chi connectivity index (χ1v) is 10.2. The molecule has 2 aliphatic rings. The number of ether oxygens (including phenoxy) is 1. The Morgan fingerprint density at radius 1 is 0.920 bits per heavy atom. The number of halogens is 2. The fourth-order valence-electron chi connectivity index (χ4n) is 5.07. The second kappa shape index (κ2) is 8.51. The van der Waals surface area contributed by atoms with Gasteiger partial charge in [-0.05, 0) is 73.8 Å². The average molecular weight is 350 g/mol. The number of benzene rings is 1. The molecule has 1 aromatic carbocycles. The van der Waals surface area contributed by atoms with Crippen LogP contribution in [0.25, 0.3) is 0 Å². The molecule has 0 aliphatic heterocycles. The van der Waals surface area contributed by atoms with Gasteiger partial charge in [0, 0.05) is 0 Å². The van der Waals surface area contributed by atoms with Crippen LogP contribution < -0.4 is 4.74 Å². The van der Waals surface area contributed by atoms with Gasteiger partial charge < -0.3 is 4.74 Å². The molecule has 4 unspecified atom stereocenters. The number of aryl methyl sites for hydroxylation is 1. The molecule has 0 saturated heterocycles. The van der Waals surface area contributed by atoms with Crippen molar-refractivity contribution in [1.29, 1.82) is 0 Å². The summed E-state index contributed by atoms with van der Waals surface area (Å²) in [6.07, 6.45) is 11.0. The molecule has 2 fully saturated rings. The summed E-state index contributed by atoms with van der Waals surface area (Å²) in [7, 11) is 0. The van der Waals surface area contributed by atoms with E-state index in [1.807, 2.05) is 6.92 Å². The zero-order chi connectivity index (χ0) is 17.8. The van der Waals surface area contributed by atoms with Crippen molar-refractivity contribution in [1.82, 2.24) is 0 Å². The van der Waals surface area contributed by atoms with Crippen molar-refractivity contribution in [2.45, 2.75) is 71.6 Å².